The Balaban J connectivity index is 1.21. The van der Waals surface area contributed by atoms with Crippen LogP contribution >= 0.6 is 55.1 Å². The first-order chi connectivity index (χ1) is 22.5. The van der Waals surface area contributed by atoms with Gasteiger partial charge in [0.2, 0.25) is 6.79 Å². The number of likely N-dealkylation sites (N-methyl/N-ethyl adjacent to an activating group) is 1. The quantitative estimate of drug-likeness (QED) is 0.0870. The van der Waals surface area contributed by atoms with Crippen LogP contribution in [0.25, 0.3) is 0 Å². The van der Waals surface area contributed by atoms with Gasteiger partial charge in [0, 0.05) is 32.1 Å². The summed E-state index contributed by atoms with van der Waals surface area (Å²) in [6, 6.07) is 20.4. The van der Waals surface area contributed by atoms with E-state index in [9.17, 15) is 9.59 Å². The lowest BCUT2D eigenvalue weighted by Crippen LogP contribution is -2.51. The standard InChI is InChI=1S/C36H44Br2Cl2N2O5/c1-27-11-13-28(14-12-27)23-41(2,25-30-8-6-9-33(39)35(30)40)20-21-45-36(44)47-26-46-34(43)10-7-19-42(17-4-3-5-18-42)24-29-15-16-31(37)32(38)22-29/h6,8-9,11-16,22H,3-5,7,10,17-21,23-26H2,1-2H3/q+2. The third-order valence-corrected chi connectivity index (χ3v) is 11.5. The number of piperidine rings is 1. The molecule has 0 saturated carbocycles. The normalized spacial score (nSPS) is 15.4. The molecule has 0 bridgehead atoms. The highest BCUT2D eigenvalue weighted by molar-refractivity contribution is 9.13. The van der Waals surface area contributed by atoms with E-state index in [1.807, 2.05) is 12.1 Å². The fourth-order valence-electron chi connectivity index (χ4n) is 6.26. The Hall–Kier alpha value is -2.14. The molecule has 7 nitrogen and oxygen atoms in total. The molecule has 1 aliphatic heterocycles. The van der Waals surface area contributed by atoms with E-state index >= 15 is 0 Å². The number of carbonyl (C=O) groups excluding carboxylic acids is 2. The van der Waals surface area contributed by atoms with E-state index in [1.165, 1.54) is 30.4 Å². The van der Waals surface area contributed by atoms with Crippen molar-refractivity contribution < 1.29 is 32.8 Å². The second-order valence-corrected chi connectivity index (χ2v) is 15.3. The highest BCUT2D eigenvalue weighted by atomic mass is 79.9. The second kappa shape index (κ2) is 18.0. The molecule has 1 fully saturated rings. The number of halogens is 4. The molecule has 0 N–H and O–H groups in total. The molecule has 11 heteroatoms. The fourth-order valence-corrected chi connectivity index (χ4v) is 7.32. The van der Waals surface area contributed by atoms with Crippen molar-refractivity contribution in [3.8, 4) is 0 Å². The number of benzene rings is 3. The Morgan fingerprint density at radius 2 is 1.60 bits per heavy atom. The van der Waals surface area contributed by atoms with Gasteiger partial charge in [-0.05, 0) is 76.2 Å². The molecule has 1 unspecified atom stereocenters. The third kappa shape index (κ3) is 12.1. The van der Waals surface area contributed by atoms with Gasteiger partial charge in [0.25, 0.3) is 0 Å². The van der Waals surface area contributed by atoms with Gasteiger partial charge in [0.1, 0.15) is 32.8 Å². The number of ether oxygens (including phenoxy) is 3. The molecule has 254 valence electrons. The van der Waals surface area contributed by atoms with Crippen LogP contribution in [-0.4, -0.2) is 67.7 Å². The monoisotopic (exact) mass is 812 g/mol. The molecule has 1 atom stereocenters. The fraction of sp³-hybridized carbons (Fsp3) is 0.444. The lowest BCUT2D eigenvalue weighted by molar-refractivity contribution is -0.945. The minimum atomic E-state index is -0.876. The van der Waals surface area contributed by atoms with Crippen molar-refractivity contribution in [1.29, 1.82) is 0 Å². The summed E-state index contributed by atoms with van der Waals surface area (Å²) in [6.45, 7) is 7.51. The molecule has 1 heterocycles. The van der Waals surface area contributed by atoms with Gasteiger partial charge in [-0.25, -0.2) is 4.79 Å². The summed E-state index contributed by atoms with van der Waals surface area (Å²) in [5.41, 5.74) is 4.53. The van der Waals surface area contributed by atoms with Crippen LogP contribution in [0, 0.1) is 6.92 Å². The van der Waals surface area contributed by atoms with Crippen LogP contribution in [0.5, 0.6) is 0 Å². The summed E-state index contributed by atoms with van der Waals surface area (Å²) in [4.78, 5) is 24.8. The zero-order valence-corrected chi connectivity index (χ0v) is 31.8. The average molecular weight is 815 g/mol. The Morgan fingerprint density at radius 1 is 0.872 bits per heavy atom. The van der Waals surface area contributed by atoms with Crippen LogP contribution in [0.2, 0.25) is 10.0 Å². The number of aryl methyl sites for hydroxylation is 1. The van der Waals surface area contributed by atoms with E-state index in [0.717, 1.165) is 50.7 Å². The maximum absolute atomic E-state index is 12.5. The summed E-state index contributed by atoms with van der Waals surface area (Å²) in [7, 11) is 2.08. The topological polar surface area (TPSA) is 61.8 Å². The molecule has 0 spiro atoms. The highest BCUT2D eigenvalue weighted by Gasteiger charge is 2.30. The van der Waals surface area contributed by atoms with Crippen molar-refractivity contribution in [3.05, 3.63) is 102 Å². The number of rotatable bonds is 15. The van der Waals surface area contributed by atoms with Crippen molar-refractivity contribution >= 4 is 67.2 Å². The number of quaternary nitrogens is 2. The van der Waals surface area contributed by atoms with Crippen molar-refractivity contribution in [3.63, 3.8) is 0 Å². The lowest BCUT2D eigenvalue weighted by atomic mass is 10.0. The van der Waals surface area contributed by atoms with Crippen LogP contribution in [0.1, 0.15) is 54.4 Å². The zero-order valence-electron chi connectivity index (χ0n) is 27.1. The van der Waals surface area contributed by atoms with Gasteiger partial charge in [-0.2, -0.15) is 0 Å². The van der Waals surface area contributed by atoms with Gasteiger partial charge in [0.15, 0.2) is 0 Å². The van der Waals surface area contributed by atoms with E-state index < -0.39 is 12.9 Å². The van der Waals surface area contributed by atoms with Crippen LogP contribution < -0.4 is 0 Å². The molecular weight excluding hydrogens is 771 g/mol. The summed E-state index contributed by atoms with van der Waals surface area (Å²) < 4.78 is 19.2. The molecule has 1 saturated heterocycles. The van der Waals surface area contributed by atoms with Gasteiger partial charge < -0.3 is 23.2 Å². The number of hydrogen-bond donors (Lipinski definition) is 0. The maximum atomic E-state index is 12.5. The third-order valence-electron chi connectivity index (χ3n) is 8.80. The summed E-state index contributed by atoms with van der Waals surface area (Å²) in [6.07, 6.45) is 3.73. The van der Waals surface area contributed by atoms with Gasteiger partial charge in [0.05, 0.1) is 43.1 Å². The molecule has 1 aliphatic rings. The van der Waals surface area contributed by atoms with Gasteiger partial charge in [-0.3, -0.25) is 4.79 Å². The van der Waals surface area contributed by atoms with Crippen molar-refractivity contribution in [2.24, 2.45) is 0 Å². The molecule has 0 amide bonds. The van der Waals surface area contributed by atoms with Gasteiger partial charge >= 0.3 is 12.1 Å². The van der Waals surface area contributed by atoms with Crippen molar-refractivity contribution in [1.82, 2.24) is 0 Å². The molecule has 0 radical (unpaired) electrons. The van der Waals surface area contributed by atoms with Crippen LogP contribution in [0.15, 0.2) is 69.6 Å². The SMILES string of the molecule is Cc1ccc(C[N+](C)(CCOC(=O)OCOC(=O)CCC[N+]2(Cc3ccc(Br)c(Br)c3)CCCCC2)Cc2cccc(Cl)c2Cl)cc1. The Kier molecular flexibility index (Phi) is 14.4. The number of nitrogens with zero attached hydrogens (tertiary/aromatic N) is 2. The zero-order chi connectivity index (χ0) is 33.9. The smallest absolute Gasteiger partial charge is 0.428 e. The van der Waals surface area contributed by atoms with Gasteiger partial charge in [-0.15, -0.1) is 0 Å². The first kappa shape index (κ1) is 37.7. The Labute approximate surface area is 305 Å². The minimum absolute atomic E-state index is 0.113. The van der Waals surface area contributed by atoms with E-state index in [1.54, 1.807) is 6.07 Å². The molecule has 47 heavy (non-hydrogen) atoms. The van der Waals surface area contributed by atoms with E-state index in [-0.39, 0.29) is 19.0 Å². The van der Waals surface area contributed by atoms with Crippen LogP contribution in [-0.2, 0) is 38.6 Å². The second-order valence-electron chi connectivity index (χ2n) is 12.8. The van der Waals surface area contributed by atoms with Gasteiger partial charge in [-0.1, -0.05) is 71.2 Å². The van der Waals surface area contributed by atoms with E-state index in [2.05, 4.69) is 88.3 Å². The van der Waals surface area contributed by atoms with E-state index in [4.69, 9.17) is 37.4 Å². The number of hydrogen-bond acceptors (Lipinski definition) is 5. The number of esters is 1. The molecule has 4 rings (SSSR count). The van der Waals surface area contributed by atoms with Crippen LogP contribution in [0.3, 0.4) is 0 Å². The largest absolute Gasteiger partial charge is 0.511 e. The summed E-state index contributed by atoms with van der Waals surface area (Å²) in [5, 5.41) is 1.03. The lowest BCUT2D eigenvalue weighted by Gasteiger charge is -2.42. The van der Waals surface area contributed by atoms with Crippen LogP contribution in [0.4, 0.5) is 4.79 Å². The highest BCUT2D eigenvalue weighted by Crippen LogP contribution is 2.30. The Morgan fingerprint density at radius 3 is 2.32 bits per heavy atom. The average Bonchev–Trinajstić information content (AvgIpc) is 3.03. The van der Waals surface area contributed by atoms with E-state index in [0.29, 0.717) is 40.6 Å². The molecular formula is C36H44Br2Cl2N2O5+2. The predicted molar refractivity (Wildman–Crippen MR) is 193 cm³/mol. The van der Waals surface area contributed by atoms with Crippen molar-refractivity contribution in [2.45, 2.75) is 58.7 Å². The first-order valence-corrected chi connectivity index (χ1v) is 18.4. The Bertz CT molecular complexity index is 1500. The number of carbonyl (C=O) groups is 2. The predicted octanol–water partition coefficient (Wildman–Crippen LogP) is 9.61. The van der Waals surface area contributed by atoms with Crippen molar-refractivity contribution in [2.75, 3.05) is 46.6 Å². The summed E-state index contributed by atoms with van der Waals surface area (Å²) >= 11 is 20.0. The molecule has 0 aliphatic carbocycles. The molecule has 3 aromatic carbocycles. The molecule has 0 aromatic heterocycles. The molecule has 3 aromatic rings. The minimum Gasteiger partial charge on any atom is -0.428 e. The summed E-state index contributed by atoms with van der Waals surface area (Å²) in [5.74, 6) is -0.389. The maximum Gasteiger partial charge on any atom is 0.511 e. The first-order valence-electron chi connectivity index (χ1n) is 16.0. The number of likely N-dealkylation sites (tertiary alicyclic amines) is 1.